The second-order valence-corrected chi connectivity index (χ2v) is 4.87. The summed E-state index contributed by atoms with van der Waals surface area (Å²) in [7, 11) is 0. The van der Waals surface area contributed by atoms with Gasteiger partial charge in [0.2, 0.25) is 0 Å². The molecule has 0 radical (unpaired) electrons. The van der Waals surface area contributed by atoms with Crippen LogP contribution in [0.2, 0.25) is 0 Å². The molecule has 0 spiro atoms. The molecule has 0 atom stereocenters. The zero-order valence-electron chi connectivity index (χ0n) is 10.1. The van der Waals surface area contributed by atoms with Crippen LogP contribution in [0.25, 0.3) is 0 Å². The van der Waals surface area contributed by atoms with Gasteiger partial charge in [0.05, 0.1) is 0 Å². The van der Waals surface area contributed by atoms with Crippen LogP contribution in [-0.2, 0) is 4.79 Å². The van der Waals surface area contributed by atoms with Gasteiger partial charge >= 0.3 is 5.97 Å². The SMILES string of the molecule is Cc1ccc(C(=O)C2(C(=O)O)CCC2)cc1C. The summed E-state index contributed by atoms with van der Waals surface area (Å²) in [5, 5.41) is 9.22. The molecule has 17 heavy (non-hydrogen) atoms. The number of rotatable bonds is 3. The molecule has 0 amide bonds. The van der Waals surface area contributed by atoms with E-state index in [4.69, 9.17) is 0 Å². The van der Waals surface area contributed by atoms with Crippen molar-refractivity contribution in [1.29, 1.82) is 0 Å². The van der Waals surface area contributed by atoms with Crippen molar-refractivity contribution >= 4 is 11.8 Å². The van der Waals surface area contributed by atoms with Crippen LogP contribution in [0.5, 0.6) is 0 Å². The number of carboxylic acid groups (broad SMARTS) is 1. The maximum atomic E-state index is 12.3. The number of aliphatic carboxylic acids is 1. The van der Waals surface area contributed by atoms with Gasteiger partial charge in [0.15, 0.2) is 5.78 Å². The number of Topliss-reactive ketones (excluding diaryl/α,β-unsaturated/α-hetero) is 1. The van der Waals surface area contributed by atoms with Gasteiger partial charge in [-0.2, -0.15) is 0 Å². The molecule has 0 unspecified atom stereocenters. The van der Waals surface area contributed by atoms with Gasteiger partial charge in [-0.1, -0.05) is 18.6 Å². The molecule has 0 saturated heterocycles. The fourth-order valence-corrected chi connectivity index (χ4v) is 2.23. The summed E-state index contributed by atoms with van der Waals surface area (Å²) < 4.78 is 0. The molecule has 1 aromatic carbocycles. The molecule has 1 N–H and O–H groups in total. The molecule has 3 nitrogen and oxygen atoms in total. The van der Waals surface area contributed by atoms with Gasteiger partial charge in [-0.05, 0) is 43.9 Å². The zero-order chi connectivity index (χ0) is 12.6. The van der Waals surface area contributed by atoms with E-state index in [-0.39, 0.29) is 5.78 Å². The third-order valence-electron chi connectivity index (χ3n) is 3.82. The van der Waals surface area contributed by atoms with E-state index in [2.05, 4.69) is 0 Å². The molecule has 90 valence electrons. The monoisotopic (exact) mass is 232 g/mol. The van der Waals surface area contributed by atoms with Crippen LogP contribution < -0.4 is 0 Å². The topological polar surface area (TPSA) is 54.4 Å². The summed E-state index contributed by atoms with van der Waals surface area (Å²) in [6, 6.07) is 5.39. The third-order valence-corrected chi connectivity index (χ3v) is 3.82. The molecule has 1 aliphatic carbocycles. The van der Waals surface area contributed by atoms with E-state index in [1.165, 1.54) is 0 Å². The number of hydrogen-bond donors (Lipinski definition) is 1. The minimum atomic E-state index is -1.15. The van der Waals surface area contributed by atoms with E-state index < -0.39 is 11.4 Å². The second kappa shape index (κ2) is 3.99. The Morgan fingerprint density at radius 2 is 1.82 bits per heavy atom. The first kappa shape index (κ1) is 11.8. The van der Waals surface area contributed by atoms with Crippen molar-refractivity contribution in [3.63, 3.8) is 0 Å². The number of benzene rings is 1. The van der Waals surface area contributed by atoms with Crippen molar-refractivity contribution < 1.29 is 14.7 Å². The Bertz CT molecular complexity index is 484. The standard InChI is InChI=1S/C14H16O3/c1-9-4-5-11(8-10(9)2)12(15)14(13(16)17)6-3-7-14/h4-5,8H,3,6-7H2,1-2H3,(H,16,17). The molecule has 2 rings (SSSR count). The quantitative estimate of drug-likeness (QED) is 0.644. The van der Waals surface area contributed by atoms with Crippen LogP contribution in [0.3, 0.4) is 0 Å². The molecule has 3 heteroatoms. The first-order valence-corrected chi connectivity index (χ1v) is 5.83. The van der Waals surface area contributed by atoms with E-state index in [0.29, 0.717) is 18.4 Å². The Kier molecular flexibility index (Phi) is 2.77. The highest BCUT2D eigenvalue weighted by atomic mass is 16.4. The lowest BCUT2D eigenvalue weighted by molar-refractivity contribution is -0.150. The molecular formula is C14H16O3. The number of ketones is 1. The Morgan fingerprint density at radius 1 is 1.18 bits per heavy atom. The van der Waals surface area contributed by atoms with Crippen LogP contribution in [0, 0.1) is 19.3 Å². The number of carbonyl (C=O) groups excluding carboxylic acids is 1. The molecule has 0 heterocycles. The molecule has 1 saturated carbocycles. The molecular weight excluding hydrogens is 216 g/mol. The van der Waals surface area contributed by atoms with Crippen molar-refractivity contribution in [2.75, 3.05) is 0 Å². The highest BCUT2D eigenvalue weighted by Crippen LogP contribution is 2.44. The molecule has 1 aromatic rings. The van der Waals surface area contributed by atoms with Crippen LogP contribution in [-0.4, -0.2) is 16.9 Å². The van der Waals surface area contributed by atoms with Crippen LogP contribution in [0.15, 0.2) is 18.2 Å². The molecule has 0 aromatic heterocycles. The summed E-state index contributed by atoms with van der Waals surface area (Å²) in [6.07, 6.45) is 1.76. The fourth-order valence-electron chi connectivity index (χ4n) is 2.23. The van der Waals surface area contributed by atoms with E-state index >= 15 is 0 Å². The van der Waals surface area contributed by atoms with Crippen molar-refractivity contribution in [2.45, 2.75) is 33.1 Å². The largest absolute Gasteiger partial charge is 0.480 e. The molecule has 0 bridgehead atoms. The minimum absolute atomic E-state index is 0.237. The van der Waals surface area contributed by atoms with Crippen LogP contribution in [0.4, 0.5) is 0 Å². The summed E-state index contributed by atoms with van der Waals surface area (Å²) in [4.78, 5) is 23.5. The molecule has 1 aliphatic rings. The second-order valence-electron chi connectivity index (χ2n) is 4.87. The lowest BCUT2D eigenvalue weighted by Gasteiger charge is -2.36. The average Bonchev–Trinajstić information content (AvgIpc) is 2.19. The highest BCUT2D eigenvalue weighted by Gasteiger charge is 2.51. The Balaban J connectivity index is 2.36. The predicted molar refractivity (Wildman–Crippen MR) is 64.2 cm³/mol. The first-order valence-electron chi connectivity index (χ1n) is 5.83. The van der Waals surface area contributed by atoms with Gasteiger partial charge in [0.25, 0.3) is 0 Å². The van der Waals surface area contributed by atoms with Gasteiger partial charge < -0.3 is 5.11 Å². The zero-order valence-corrected chi connectivity index (χ0v) is 10.1. The minimum Gasteiger partial charge on any atom is -0.480 e. The van der Waals surface area contributed by atoms with Gasteiger partial charge in [0, 0.05) is 5.56 Å². The van der Waals surface area contributed by atoms with Crippen molar-refractivity contribution in [2.24, 2.45) is 5.41 Å². The Labute approximate surface area is 100 Å². The normalized spacial score (nSPS) is 17.3. The summed E-state index contributed by atoms with van der Waals surface area (Å²) in [5.41, 5.74) is 1.51. The van der Waals surface area contributed by atoms with Gasteiger partial charge in [0.1, 0.15) is 5.41 Å². The summed E-state index contributed by atoms with van der Waals surface area (Å²) in [6.45, 7) is 3.90. The Hall–Kier alpha value is -1.64. The number of aryl methyl sites for hydroxylation is 2. The number of hydrogen-bond acceptors (Lipinski definition) is 2. The summed E-state index contributed by atoms with van der Waals surface area (Å²) in [5.74, 6) is -1.22. The highest BCUT2D eigenvalue weighted by molar-refractivity contribution is 6.12. The third kappa shape index (κ3) is 1.75. The maximum absolute atomic E-state index is 12.3. The van der Waals surface area contributed by atoms with Crippen molar-refractivity contribution in [1.82, 2.24) is 0 Å². The van der Waals surface area contributed by atoms with Crippen molar-refractivity contribution in [3.05, 3.63) is 34.9 Å². The predicted octanol–water partition coefficient (Wildman–Crippen LogP) is 2.74. The van der Waals surface area contributed by atoms with Gasteiger partial charge in [-0.3, -0.25) is 9.59 Å². The van der Waals surface area contributed by atoms with E-state index in [1.54, 1.807) is 12.1 Å². The number of carbonyl (C=O) groups is 2. The average molecular weight is 232 g/mol. The van der Waals surface area contributed by atoms with Crippen LogP contribution >= 0.6 is 0 Å². The smallest absolute Gasteiger partial charge is 0.317 e. The lowest BCUT2D eigenvalue weighted by atomic mass is 9.64. The van der Waals surface area contributed by atoms with E-state index in [9.17, 15) is 14.7 Å². The van der Waals surface area contributed by atoms with Gasteiger partial charge in [-0.15, -0.1) is 0 Å². The van der Waals surface area contributed by atoms with E-state index in [0.717, 1.165) is 17.5 Å². The number of carboxylic acids is 1. The van der Waals surface area contributed by atoms with Gasteiger partial charge in [-0.25, -0.2) is 0 Å². The molecule has 1 fully saturated rings. The fraction of sp³-hybridized carbons (Fsp3) is 0.429. The summed E-state index contributed by atoms with van der Waals surface area (Å²) >= 11 is 0. The van der Waals surface area contributed by atoms with Crippen LogP contribution in [0.1, 0.15) is 40.7 Å². The Morgan fingerprint density at radius 3 is 2.24 bits per heavy atom. The molecule has 0 aliphatic heterocycles. The van der Waals surface area contributed by atoms with E-state index in [1.807, 2.05) is 19.9 Å². The first-order chi connectivity index (χ1) is 7.97. The van der Waals surface area contributed by atoms with Crippen molar-refractivity contribution in [3.8, 4) is 0 Å². The lowest BCUT2D eigenvalue weighted by Crippen LogP contribution is -2.45. The maximum Gasteiger partial charge on any atom is 0.317 e.